The second-order valence-corrected chi connectivity index (χ2v) is 11.3. The Morgan fingerprint density at radius 3 is 2.26 bits per heavy atom. The third kappa shape index (κ3) is 5.48. The second-order valence-electron chi connectivity index (χ2n) is 10.2. The summed E-state index contributed by atoms with van der Waals surface area (Å²) in [6.45, 7) is 0. The van der Waals surface area contributed by atoms with Gasteiger partial charge in [0.05, 0.1) is 23.5 Å². The Morgan fingerprint density at radius 1 is 0.628 bits per heavy atom. The van der Waals surface area contributed by atoms with Crippen LogP contribution in [0.1, 0.15) is 11.1 Å². The molecule has 7 rings (SSSR count). The number of hydrazone groups is 1. The molecule has 0 unspecified atom stereocenters. The standard InChI is InChI=1S/C38H26N4S/c39-24-26-8-6-9-27(22-26)25-40-42-31-19-17-30(18-20-31)41-36-23-29(16-21-32(36)28-10-2-1-3-11-28)33-13-7-14-35-34-12-4-5-15-37(34)43-38(33)35/h1-23,25,41-42H/b40-25+. The molecule has 0 spiro atoms. The largest absolute Gasteiger partial charge is 0.355 e. The lowest BCUT2D eigenvalue weighted by atomic mass is 9.97. The lowest BCUT2D eigenvalue weighted by molar-refractivity contribution is 1.35. The number of nitriles is 1. The third-order valence-corrected chi connectivity index (χ3v) is 8.63. The minimum Gasteiger partial charge on any atom is -0.355 e. The van der Waals surface area contributed by atoms with Gasteiger partial charge < -0.3 is 5.32 Å². The van der Waals surface area contributed by atoms with Crippen molar-refractivity contribution in [3.63, 3.8) is 0 Å². The molecule has 1 aromatic heterocycles. The van der Waals surface area contributed by atoms with Crippen LogP contribution in [0.3, 0.4) is 0 Å². The highest BCUT2D eigenvalue weighted by atomic mass is 32.1. The Hall–Kier alpha value is -5.70. The van der Waals surface area contributed by atoms with Crippen molar-refractivity contribution in [2.75, 3.05) is 10.7 Å². The van der Waals surface area contributed by atoms with Gasteiger partial charge in [-0.15, -0.1) is 11.3 Å². The average Bonchev–Trinajstić information content (AvgIpc) is 3.45. The maximum absolute atomic E-state index is 9.11. The molecular weight excluding hydrogens is 545 g/mol. The summed E-state index contributed by atoms with van der Waals surface area (Å²) in [6.07, 6.45) is 1.71. The fourth-order valence-electron chi connectivity index (χ4n) is 5.31. The maximum atomic E-state index is 9.11. The summed E-state index contributed by atoms with van der Waals surface area (Å²) in [7, 11) is 0. The van der Waals surface area contributed by atoms with Crippen LogP contribution in [-0.4, -0.2) is 6.21 Å². The molecule has 1 heterocycles. The molecule has 6 aromatic carbocycles. The van der Waals surface area contributed by atoms with Crippen LogP contribution in [-0.2, 0) is 0 Å². The highest BCUT2D eigenvalue weighted by molar-refractivity contribution is 7.26. The minimum absolute atomic E-state index is 0.610. The van der Waals surface area contributed by atoms with Crippen molar-refractivity contribution in [3.8, 4) is 28.3 Å². The van der Waals surface area contributed by atoms with Crippen molar-refractivity contribution < 1.29 is 0 Å². The van der Waals surface area contributed by atoms with Gasteiger partial charge in [0.25, 0.3) is 0 Å². The van der Waals surface area contributed by atoms with Gasteiger partial charge >= 0.3 is 0 Å². The molecule has 0 saturated heterocycles. The summed E-state index contributed by atoms with van der Waals surface area (Å²) < 4.78 is 2.61. The van der Waals surface area contributed by atoms with Gasteiger partial charge in [-0.25, -0.2) is 0 Å². The van der Waals surface area contributed by atoms with Crippen LogP contribution >= 0.6 is 11.3 Å². The molecule has 0 aliphatic heterocycles. The number of nitrogens with one attached hydrogen (secondary N) is 2. The summed E-state index contributed by atoms with van der Waals surface area (Å²) in [5.41, 5.74) is 12.1. The van der Waals surface area contributed by atoms with E-state index in [2.05, 4.69) is 107 Å². The summed E-state index contributed by atoms with van der Waals surface area (Å²) in [5, 5.41) is 19.7. The van der Waals surface area contributed by atoms with Crippen LogP contribution in [0.2, 0.25) is 0 Å². The van der Waals surface area contributed by atoms with E-state index in [0.717, 1.165) is 33.8 Å². The molecule has 0 fully saturated rings. The molecular formula is C38H26N4S. The first-order chi connectivity index (χ1) is 21.2. The van der Waals surface area contributed by atoms with Crippen LogP contribution in [0.5, 0.6) is 0 Å². The van der Waals surface area contributed by atoms with Crippen molar-refractivity contribution in [2.45, 2.75) is 0 Å². The molecule has 4 nitrogen and oxygen atoms in total. The SMILES string of the molecule is N#Cc1cccc(/C=N/Nc2ccc(Nc3cc(-c4cccc5c4sc4ccccc45)ccc3-c3ccccc3)cc2)c1. The fourth-order valence-corrected chi connectivity index (χ4v) is 6.55. The molecule has 0 amide bonds. The zero-order chi connectivity index (χ0) is 29.0. The van der Waals surface area contributed by atoms with E-state index in [0.29, 0.717) is 5.56 Å². The fraction of sp³-hybridized carbons (Fsp3) is 0. The number of nitrogens with zero attached hydrogens (tertiary/aromatic N) is 2. The molecule has 5 heteroatoms. The highest BCUT2D eigenvalue weighted by Gasteiger charge is 2.13. The Labute approximate surface area is 254 Å². The van der Waals surface area contributed by atoms with Gasteiger partial charge in [0, 0.05) is 37.1 Å². The van der Waals surface area contributed by atoms with Crippen LogP contribution in [0.25, 0.3) is 42.4 Å². The number of rotatable bonds is 7. The van der Waals surface area contributed by atoms with Gasteiger partial charge in [-0.2, -0.15) is 10.4 Å². The first kappa shape index (κ1) is 26.2. The highest BCUT2D eigenvalue weighted by Crippen LogP contribution is 2.42. The van der Waals surface area contributed by atoms with E-state index in [9.17, 15) is 0 Å². The van der Waals surface area contributed by atoms with E-state index < -0.39 is 0 Å². The third-order valence-electron chi connectivity index (χ3n) is 7.41. The van der Waals surface area contributed by atoms with Crippen molar-refractivity contribution in [2.24, 2.45) is 5.10 Å². The van der Waals surface area contributed by atoms with E-state index in [-0.39, 0.29) is 0 Å². The topological polar surface area (TPSA) is 60.2 Å². The normalized spacial score (nSPS) is 11.1. The monoisotopic (exact) mass is 570 g/mol. The van der Waals surface area contributed by atoms with Gasteiger partial charge in [0.15, 0.2) is 0 Å². The van der Waals surface area contributed by atoms with Crippen molar-refractivity contribution in [1.29, 1.82) is 5.26 Å². The van der Waals surface area contributed by atoms with Crippen LogP contribution in [0, 0.1) is 11.3 Å². The van der Waals surface area contributed by atoms with Crippen molar-refractivity contribution in [3.05, 3.63) is 151 Å². The summed E-state index contributed by atoms with van der Waals surface area (Å²) in [4.78, 5) is 0. The van der Waals surface area contributed by atoms with Crippen molar-refractivity contribution >= 4 is 54.8 Å². The lowest BCUT2D eigenvalue weighted by Gasteiger charge is -2.15. The molecule has 0 radical (unpaired) electrons. The molecule has 7 aromatic rings. The zero-order valence-electron chi connectivity index (χ0n) is 23.2. The first-order valence-electron chi connectivity index (χ1n) is 14.0. The Kier molecular flexibility index (Phi) is 7.10. The van der Waals surface area contributed by atoms with Gasteiger partial charge in [0.2, 0.25) is 0 Å². The second kappa shape index (κ2) is 11.7. The molecule has 0 atom stereocenters. The quantitative estimate of drug-likeness (QED) is 0.148. The molecule has 0 aliphatic rings. The summed E-state index contributed by atoms with van der Waals surface area (Å²) in [6, 6.07) is 50.0. The summed E-state index contributed by atoms with van der Waals surface area (Å²) in [5.74, 6) is 0. The Balaban J connectivity index is 1.20. The number of anilines is 3. The van der Waals surface area contributed by atoms with Gasteiger partial charge in [0.1, 0.15) is 0 Å². The van der Waals surface area contributed by atoms with Gasteiger partial charge in [-0.1, -0.05) is 91.0 Å². The van der Waals surface area contributed by atoms with E-state index in [1.807, 2.05) is 53.8 Å². The molecule has 0 saturated carbocycles. The summed E-state index contributed by atoms with van der Waals surface area (Å²) >= 11 is 1.85. The number of fused-ring (bicyclic) bond motifs is 3. The zero-order valence-corrected chi connectivity index (χ0v) is 24.0. The van der Waals surface area contributed by atoms with E-state index in [1.54, 1.807) is 18.3 Å². The average molecular weight is 571 g/mol. The number of hydrogen-bond acceptors (Lipinski definition) is 5. The molecule has 204 valence electrons. The smallest absolute Gasteiger partial charge is 0.0991 e. The van der Waals surface area contributed by atoms with E-state index >= 15 is 0 Å². The predicted molar refractivity (Wildman–Crippen MR) is 182 cm³/mol. The number of hydrogen-bond donors (Lipinski definition) is 2. The first-order valence-corrected chi connectivity index (χ1v) is 14.8. The predicted octanol–water partition coefficient (Wildman–Crippen LogP) is 10.4. The number of thiophene rings is 1. The Bertz CT molecular complexity index is 2140. The number of benzene rings is 6. The van der Waals surface area contributed by atoms with Gasteiger partial charge in [-0.05, 0) is 70.8 Å². The van der Waals surface area contributed by atoms with Gasteiger partial charge in [-0.3, -0.25) is 5.43 Å². The van der Waals surface area contributed by atoms with E-state index in [1.165, 1.54) is 31.3 Å². The lowest BCUT2D eigenvalue weighted by Crippen LogP contribution is -1.96. The van der Waals surface area contributed by atoms with Crippen molar-refractivity contribution in [1.82, 2.24) is 0 Å². The molecule has 2 N–H and O–H groups in total. The van der Waals surface area contributed by atoms with Crippen LogP contribution < -0.4 is 10.7 Å². The maximum Gasteiger partial charge on any atom is 0.0991 e. The minimum atomic E-state index is 0.610. The Morgan fingerprint density at radius 2 is 1.40 bits per heavy atom. The van der Waals surface area contributed by atoms with Crippen LogP contribution in [0.15, 0.2) is 145 Å². The molecule has 0 aliphatic carbocycles. The van der Waals surface area contributed by atoms with E-state index in [4.69, 9.17) is 5.26 Å². The molecule has 0 bridgehead atoms. The molecule has 43 heavy (non-hydrogen) atoms. The van der Waals surface area contributed by atoms with Crippen LogP contribution in [0.4, 0.5) is 17.1 Å².